The number of aryl methyl sites for hydroxylation is 1. The molecule has 0 aliphatic heterocycles. The fourth-order valence-electron chi connectivity index (χ4n) is 0.987. The van der Waals surface area contributed by atoms with Crippen LogP contribution in [0.4, 0.5) is 0 Å². The number of aromatic nitrogens is 1. The number of hydrogen-bond acceptors (Lipinski definition) is 3. The second-order valence-corrected chi connectivity index (χ2v) is 2.20. The first kappa shape index (κ1) is 8.74. The van der Waals surface area contributed by atoms with Crippen LogP contribution in [0.3, 0.4) is 0 Å². The Balaban J connectivity index is 0.000000336. The SMILES string of the molecule is CN.Cc1nc2ccccc2o1. The average Bonchev–Trinajstić information content (AvgIpc) is 2.48. The number of fused-ring (bicyclic) bond motifs is 1. The normalized spacial score (nSPS) is 9.25. The summed E-state index contributed by atoms with van der Waals surface area (Å²) < 4.78 is 5.26. The minimum Gasteiger partial charge on any atom is -0.441 e. The zero-order chi connectivity index (χ0) is 8.97. The number of para-hydroxylation sites is 2. The van der Waals surface area contributed by atoms with Crippen LogP contribution in [-0.2, 0) is 0 Å². The quantitative estimate of drug-likeness (QED) is 0.644. The number of nitrogens with zero attached hydrogens (tertiary/aromatic N) is 1. The minimum absolute atomic E-state index is 0.723. The van der Waals surface area contributed by atoms with Crippen molar-refractivity contribution >= 4 is 11.1 Å². The lowest BCUT2D eigenvalue weighted by Gasteiger charge is -1.79. The monoisotopic (exact) mass is 164 g/mol. The number of hydrogen-bond donors (Lipinski definition) is 1. The van der Waals surface area contributed by atoms with Gasteiger partial charge in [0.05, 0.1) is 0 Å². The molecule has 0 radical (unpaired) electrons. The van der Waals surface area contributed by atoms with Crippen LogP contribution >= 0.6 is 0 Å². The molecule has 0 spiro atoms. The Morgan fingerprint density at radius 3 is 2.58 bits per heavy atom. The van der Waals surface area contributed by atoms with E-state index in [1.807, 2.05) is 31.2 Å². The van der Waals surface area contributed by atoms with Crippen LogP contribution in [0.1, 0.15) is 5.89 Å². The van der Waals surface area contributed by atoms with E-state index in [2.05, 4.69) is 10.7 Å². The summed E-state index contributed by atoms with van der Waals surface area (Å²) in [4.78, 5) is 4.15. The number of benzene rings is 1. The lowest BCUT2D eigenvalue weighted by molar-refractivity contribution is 0.561. The molecule has 0 aliphatic rings. The smallest absolute Gasteiger partial charge is 0.192 e. The van der Waals surface area contributed by atoms with Gasteiger partial charge in [0, 0.05) is 6.92 Å². The van der Waals surface area contributed by atoms with Crippen molar-refractivity contribution in [2.45, 2.75) is 6.92 Å². The third kappa shape index (κ3) is 1.62. The van der Waals surface area contributed by atoms with Crippen molar-refractivity contribution in [3.8, 4) is 0 Å². The van der Waals surface area contributed by atoms with E-state index in [1.165, 1.54) is 7.05 Å². The fraction of sp³-hybridized carbons (Fsp3) is 0.222. The summed E-state index contributed by atoms with van der Waals surface area (Å²) in [6.45, 7) is 1.85. The average molecular weight is 164 g/mol. The summed E-state index contributed by atoms with van der Waals surface area (Å²) in [7, 11) is 1.50. The second-order valence-electron chi connectivity index (χ2n) is 2.20. The van der Waals surface area contributed by atoms with E-state index in [4.69, 9.17) is 4.42 Å². The van der Waals surface area contributed by atoms with Gasteiger partial charge in [-0.15, -0.1) is 0 Å². The summed E-state index contributed by atoms with van der Waals surface area (Å²) in [5.74, 6) is 0.723. The molecule has 1 heterocycles. The van der Waals surface area contributed by atoms with Crippen LogP contribution in [0.2, 0.25) is 0 Å². The topological polar surface area (TPSA) is 52.0 Å². The van der Waals surface area contributed by atoms with Crippen molar-refractivity contribution in [3.05, 3.63) is 30.2 Å². The van der Waals surface area contributed by atoms with Crippen molar-refractivity contribution in [2.24, 2.45) is 5.73 Å². The highest BCUT2D eigenvalue weighted by Gasteiger charge is 1.97. The van der Waals surface area contributed by atoms with Gasteiger partial charge in [-0.3, -0.25) is 0 Å². The highest BCUT2D eigenvalue weighted by Crippen LogP contribution is 2.12. The van der Waals surface area contributed by atoms with Gasteiger partial charge in [0.2, 0.25) is 0 Å². The summed E-state index contributed by atoms with van der Waals surface area (Å²) in [6.07, 6.45) is 0. The summed E-state index contributed by atoms with van der Waals surface area (Å²) >= 11 is 0. The van der Waals surface area contributed by atoms with E-state index in [0.29, 0.717) is 0 Å². The zero-order valence-corrected chi connectivity index (χ0v) is 7.24. The number of oxazole rings is 1. The van der Waals surface area contributed by atoms with E-state index < -0.39 is 0 Å². The molecule has 0 atom stereocenters. The standard InChI is InChI=1S/C8H7NO.CH5N/c1-6-9-7-4-2-3-5-8(7)10-6;1-2/h2-5H,1H3;2H2,1H3. The van der Waals surface area contributed by atoms with Crippen molar-refractivity contribution in [2.75, 3.05) is 7.05 Å². The molecule has 64 valence electrons. The van der Waals surface area contributed by atoms with Gasteiger partial charge in [-0.1, -0.05) is 12.1 Å². The predicted molar refractivity (Wildman–Crippen MR) is 48.9 cm³/mol. The molecule has 0 aliphatic carbocycles. The molecule has 0 bridgehead atoms. The molecule has 1 aromatic carbocycles. The molecule has 3 heteroatoms. The van der Waals surface area contributed by atoms with E-state index in [-0.39, 0.29) is 0 Å². The molecule has 0 unspecified atom stereocenters. The van der Waals surface area contributed by atoms with Gasteiger partial charge in [-0.2, -0.15) is 0 Å². The molecule has 2 aromatic rings. The first-order chi connectivity index (χ1) is 5.86. The molecule has 1 aromatic heterocycles. The maximum absolute atomic E-state index is 5.26. The maximum atomic E-state index is 5.26. The highest BCUT2D eigenvalue weighted by atomic mass is 16.3. The third-order valence-corrected chi connectivity index (χ3v) is 1.40. The van der Waals surface area contributed by atoms with Gasteiger partial charge < -0.3 is 10.2 Å². The molecule has 0 amide bonds. The first-order valence-corrected chi connectivity index (χ1v) is 3.76. The van der Waals surface area contributed by atoms with Crippen molar-refractivity contribution in [1.29, 1.82) is 0 Å². The fourth-order valence-corrected chi connectivity index (χ4v) is 0.987. The van der Waals surface area contributed by atoms with Crippen LogP contribution in [0.15, 0.2) is 28.7 Å². The molecule has 2 N–H and O–H groups in total. The maximum Gasteiger partial charge on any atom is 0.192 e. The highest BCUT2D eigenvalue weighted by molar-refractivity contribution is 5.71. The summed E-state index contributed by atoms with van der Waals surface area (Å²) in [5, 5.41) is 0. The Morgan fingerprint density at radius 1 is 1.25 bits per heavy atom. The molecule has 2 rings (SSSR count). The van der Waals surface area contributed by atoms with Crippen LogP contribution in [0.5, 0.6) is 0 Å². The molecule has 0 saturated heterocycles. The Kier molecular flexibility index (Phi) is 2.82. The van der Waals surface area contributed by atoms with Gasteiger partial charge in [-0.05, 0) is 19.2 Å². The lowest BCUT2D eigenvalue weighted by atomic mass is 10.3. The van der Waals surface area contributed by atoms with Gasteiger partial charge in [-0.25, -0.2) is 4.98 Å². The largest absolute Gasteiger partial charge is 0.441 e. The Hall–Kier alpha value is -1.35. The predicted octanol–water partition coefficient (Wildman–Crippen LogP) is 1.71. The number of nitrogens with two attached hydrogens (primary N) is 1. The molecular formula is C9H12N2O. The van der Waals surface area contributed by atoms with Crippen LogP contribution in [-0.4, -0.2) is 12.0 Å². The van der Waals surface area contributed by atoms with E-state index in [1.54, 1.807) is 0 Å². The van der Waals surface area contributed by atoms with Crippen molar-refractivity contribution < 1.29 is 4.42 Å². The van der Waals surface area contributed by atoms with Crippen molar-refractivity contribution in [3.63, 3.8) is 0 Å². The van der Waals surface area contributed by atoms with E-state index in [9.17, 15) is 0 Å². The van der Waals surface area contributed by atoms with Gasteiger partial charge >= 0.3 is 0 Å². The minimum atomic E-state index is 0.723. The van der Waals surface area contributed by atoms with Gasteiger partial charge in [0.1, 0.15) is 5.52 Å². The summed E-state index contributed by atoms with van der Waals surface area (Å²) in [6, 6.07) is 7.73. The zero-order valence-electron chi connectivity index (χ0n) is 7.24. The van der Waals surface area contributed by atoms with Gasteiger partial charge in [0.25, 0.3) is 0 Å². The van der Waals surface area contributed by atoms with Crippen LogP contribution in [0, 0.1) is 6.92 Å². The Labute approximate surface area is 71.2 Å². The summed E-state index contributed by atoms with van der Waals surface area (Å²) in [5.41, 5.74) is 6.29. The molecule has 0 saturated carbocycles. The van der Waals surface area contributed by atoms with Crippen LogP contribution < -0.4 is 5.73 Å². The van der Waals surface area contributed by atoms with E-state index in [0.717, 1.165) is 17.0 Å². The Bertz CT molecular complexity index is 321. The molecule has 0 fully saturated rings. The van der Waals surface area contributed by atoms with Crippen molar-refractivity contribution in [1.82, 2.24) is 4.98 Å². The molecule has 12 heavy (non-hydrogen) atoms. The second kappa shape index (κ2) is 3.88. The lowest BCUT2D eigenvalue weighted by Crippen LogP contribution is -1.69. The van der Waals surface area contributed by atoms with E-state index >= 15 is 0 Å². The van der Waals surface area contributed by atoms with Crippen LogP contribution in [0.25, 0.3) is 11.1 Å². The molecule has 3 nitrogen and oxygen atoms in total. The third-order valence-electron chi connectivity index (χ3n) is 1.40. The van der Waals surface area contributed by atoms with Gasteiger partial charge in [0.15, 0.2) is 11.5 Å². The number of rotatable bonds is 0. The Morgan fingerprint density at radius 2 is 1.92 bits per heavy atom. The molecular weight excluding hydrogens is 152 g/mol. The first-order valence-electron chi connectivity index (χ1n) is 3.76.